The third-order valence-electron chi connectivity index (χ3n) is 4.40. The molecule has 2 aliphatic heterocycles. The van der Waals surface area contributed by atoms with E-state index in [2.05, 4.69) is 10.2 Å². The highest BCUT2D eigenvalue weighted by Gasteiger charge is 2.38. The van der Waals surface area contributed by atoms with Gasteiger partial charge in [-0.15, -0.1) is 0 Å². The number of nitrogens with zero attached hydrogens (tertiary/aromatic N) is 1. The molecule has 3 aliphatic rings. The summed E-state index contributed by atoms with van der Waals surface area (Å²) in [6.45, 7) is 8.29. The first-order chi connectivity index (χ1) is 8.86. The lowest BCUT2D eigenvalue weighted by atomic mass is 9.86. The van der Waals surface area contributed by atoms with Gasteiger partial charge in [0.25, 0.3) is 0 Å². The lowest BCUT2D eigenvalue weighted by molar-refractivity contribution is 0.100. The molecule has 1 saturated carbocycles. The molecule has 0 radical (unpaired) electrons. The Balaban J connectivity index is 1.53. The summed E-state index contributed by atoms with van der Waals surface area (Å²) in [5.74, 6) is 0. The highest BCUT2D eigenvalue weighted by molar-refractivity contribution is 4.92. The smallest absolute Gasteiger partial charge is 0.0593 e. The van der Waals surface area contributed by atoms with Gasteiger partial charge in [0.2, 0.25) is 0 Å². The van der Waals surface area contributed by atoms with Gasteiger partial charge in [0, 0.05) is 50.8 Å². The van der Waals surface area contributed by atoms with E-state index in [4.69, 9.17) is 9.47 Å². The molecule has 3 rings (SSSR count). The van der Waals surface area contributed by atoms with Crippen molar-refractivity contribution in [1.29, 1.82) is 0 Å². The van der Waals surface area contributed by atoms with E-state index in [0.29, 0.717) is 5.41 Å². The van der Waals surface area contributed by atoms with E-state index < -0.39 is 0 Å². The molecule has 0 spiro atoms. The van der Waals surface area contributed by atoms with Crippen LogP contribution in [-0.2, 0) is 9.47 Å². The van der Waals surface area contributed by atoms with Crippen LogP contribution in [0.4, 0.5) is 0 Å². The largest absolute Gasteiger partial charge is 0.381 e. The van der Waals surface area contributed by atoms with Crippen molar-refractivity contribution in [2.45, 2.75) is 31.7 Å². The van der Waals surface area contributed by atoms with Crippen LogP contribution in [0.1, 0.15) is 25.7 Å². The first-order valence-corrected chi connectivity index (χ1v) is 7.48. The predicted octanol–water partition coefficient (Wildman–Crippen LogP) is 0.867. The molecule has 2 heterocycles. The van der Waals surface area contributed by atoms with Crippen molar-refractivity contribution in [2.75, 3.05) is 52.6 Å². The van der Waals surface area contributed by atoms with E-state index in [9.17, 15) is 0 Å². The predicted molar refractivity (Wildman–Crippen MR) is 70.8 cm³/mol. The zero-order valence-electron chi connectivity index (χ0n) is 11.3. The van der Waals surface area contributed by atoms with Crippen molar-refractivity contribution in [1.82, 2.24) is 10.2 Å². The van der Waals surface area contributed by atoms with E-state index in [-0.39, 0.29) is 0 Å². The maximum absolute atomic E-state index is 5.69. The van der Waals surface area contributed by atoms with Crippen molar-refractivity contribution >= 4 is 0 Å². The molecule has 18 heavy (non-hydrogen) atoms. The van der Waals surface area contributed by atoms with Gasteiger partial charge in [0.15, 0.2) is 0 Å². The van der Waals surface area contributed by atoms with Crippen LogP contribution >= 0.6 is 0 Å². The molecule has 4 nitrogen and oxygen atoms in total. The zero-order chi connectivity index (χ0) is 12.3. The van der Waals surface area contributed by atoms with Gasteiger partial charge in [-0.2, -0.15) is 0 Å². The summed E-state index contributed by atoms with van der Waals surface area (Å²) < 4.78 is 11.2. The van der Waals surface area contributed by atoms with Gasteiger partial charge in [-0.3, -0.25) is 0 Å². The first-order valence-electron chi connectivity index (χ1n) is 7.48. The Morgan fingerprint density at radius 2 is 2.06 bits per heavy atom. The molecule has 1 N–H and O–H groups in total. The van der Waals surface area contributed by atoms with E-state index in [0.717, 1.165) is 45.6 Å². The maximum atomic E-state index is 5.69. The van der Waals surface area contributed by atoms with Crippen molar-refractivity contribution in [3.05, 3.63) is 0 Å². The molecule has 3 fully saturated rings. The first kappa shape index (κ1) is 12.9. The molecule has 0 aromatic rings. The number of hydrogen-bond acceptors (Lipinski definition) is 4. The zero-order valence-corrected chi connectivity index (χ0v) is 11.3. The summed E-state index contributed by atoms with van der Waals surface area (Å²) in [4.78, 5) is 2.58. The minimum Gasteiger partial charge on any atom is -0.381 e. The lowest BCUT2D eigenvalue weighted by Crippen LogP contribution is -2.46. The fourth-order valence-corrected chi connectivity index (χ4v) is 3.05. The average molecular weight is 254 g/mol. The summed E-state index contributed by atoms with van der Waals surface area (Å²) in [6.07, 6.45) is 5.13. The average Bonchev–Trinajstić information content (AvgIpc) is 3.14. The van der Waals surface area contributed by atoms with Gasteiger partial charge >= 0.3 is 0 Å². The van der Waals surface area contributed by atoms with Gasteiger partial charge in [-0.1, -0.05) is 0 Å². The van der Waals surface area contributed by atoms with Gasteiger partial charge in [-0.25, -0.2) is 0 Å². The standard InChI is InChI=1S/C14H26N2O2/c1-5-16(6-9-17-7-1)11-14(4-8-18-12-14)10-15-13-2-3-13/h13,15H,1-12H2. The van der Waals surface area contributed by atoms with Crippen LogP contribution in [0.15, 0.2) is 0 Å². The second-order valence-electron chi connectivity index (χ2n) is 6.20. The van der Waals surface area contributed by atoms with Crippen molar-refractivity contribution in [3.8, 4) is 0 Å². The van der Waals surface area contributed by atoms with Crippen LogP contribution in [0, 0.1) is 5.41 Å². The van der Waals surface area contributed by atoms with Crippen LogP contribution in [-0.4, -0.2) is 63.5 Å². The summed E-state index contributed by atoms with van der Waals surface area (Å²) >= 11 is 0. The lowest BCUT2D eigenvalue weighted by Gasteiger charge is -2.34. The van der Waals surface area contributed by atoms with Crippen LogP contribution in [0.5, 0.6) is 0 Å². The van der Waals surface area contributed by atoms with Crippen LogP contribution in [0.3, 0.4) is 0 Å². The van der Waals surface area contributed by atoms with Crippen molar-refractivity contribution in [2.24, 2.45) is 5.41 Å². The third kappa shape index (κ3) is 3.44. The number of rotatable bonds is 5. The molecule has 0 bridgehead atoms. The Morgan fingerprint density at radius 3 is 2.83 bits per heavy atom. The molecular formula is C14H26N2O2. The van der Waals surface area contributed by atoms with E-state index >= 15 is 0 Å². The quantitative estimate of drug-likeness (QED) is 0.789. The Morgan fingerprint density at radius 1 is 1.11 bits per heavy atom. The molecule has 4 heteroatoms. The van der Waals surface area contributed by atoms with Crippen LogP contribution in [0.25, 0.3) is 0 Å². The fourth-order valence-electron chi connectivity index (χ4n) is 3.05. The Hall–Kier alpha value is -0.160. The number of nitrogens with one attached hydrogen (secondary N) is 1. The highest BCUT2D eigenvalue weighted by atomic mass is 16.5. The van der Waals surface area contributed by atoms with E-state index in [1.165, 1.54) is 38.8 Å². The molecule has 104 valence electrons. The minimum absolute atomic E-state index is 0.354. The Kier molecular flexibility index (Phi) is 4.19. The van der Waals surface area contributed by atoms with Gasteiger partial charge in [-0.05, 0) is 25.7 Å². The minimum atomic E-state index is 0.354. The van der Waals surface area contributed by atoms with Crippen LogP contribution in [0.2, 0.25) is 0 Å². The molecule has 0 aromatic carbocycles. The molecule has 0 amide bonds. The van der Waals surface area contributed by atoms with E-state index in [1.54, 1.807) is 0 Å². The Labute approximate surface area is 110 Å². The van der Waals surface area contributed by atoms with Crippen molar-refractivity contribution in [3.63, 3.8) is 0 Å². The topological polar surface area (TPSA) is 33.7 Å². The van der Waals surface area contributed by atoms with Crippen molar-refractivity contribution < 1.29 is 9.47 Å². The third-order valence-corrected chi connectivity index (χ3v) is 4.40. The van der Waals surface area contributed by atoms with E-state index in [1.807, 2.05) is 0 Å². The fraction of sp³-hybridized carbons (Fsp3) is 1.00. The molecule has 2 saturated heterocycles. The molecule has 1 atom stereocenters. The summed E-state index contributed by atoms with van der Waals surface area (Å²) in [6, 6.07) is 0.801. The van der Waals surface area contributed by atoms with Gasteiger partial charge in [0.1, 0.15) is 0 Å². The normalized spacial score (nSPS) is 34.7. The number of ether oxygens (including phenoxy) is 2. The summed E-state index contributed by atoms with van der Waals surface area (Å²) in [5, 5.41) is 3.71. The number of hydrogen-bond donors (Lipinski definition) is 1. The molecule has 1 aliphatic carbocycles. The van der Waals surface area contributed by atoms with Gasteiger partial charge in [0.05, 0.1) is 13.2 Å². The maximum Gasteiger partial charge on any atom is 0.0593 e. The molecule has 1 unspecified atom stereocenters. The Bertz CT molecular complexity index is 255. The SMILES string of the molecule is C1COCCN(CC2(CNC3CC3)CCOC2)C1. The van der Waals surface area contributed by atoms with Crippen LogP contribution < -0.4 is 5.32 Å². The highest BCUT2D eigenvalue weighted by Crippen LogP contribution is 2.31. The molecule has 0 aromatic heterocycles. The van der Waals surface area contributed by atoms with Gasteiger partial charge < -0.3 is 19.7 Å². The summed E-state index contributed by atoms with van der Waals surface area (Å²) in [5.41, 5.74) is 0.354. The summed E-state index contributed by atoms with van der Waals surface area (Å²) in [7, 11) is 0. The monoisotopic (exact) mass is 254 g/mol. The second-order valence-corrected chi connectivity index (χ2v) is 6.20. The second kappa shape index (κ2) is 5.87. The molecular weight excluding hydrogens is 228 g/mol.